The Balaban J connectivity index is 1.87. The van der Waals surface area contributed by atoms with Crippen LogP contribution in [0.5, 0.6) is 0 Å². The van der Waals surface area contributed by atoms with E-state index >= 15 is 0 Å². The van der Waals surface area contributed by atoms with Gasteiger partial charge in [0.1, 0.15) is 5.82 Å². The third-order valence-corrected chi connectivity index (χ3v) is 4.04. The Bertz CT molecular complexity index is 448. The van der Waals surface area contributed by atoms with Crippen LogP contribution in [0.4, 0.5) is 11.8 Å². The van der Waals surface area contributed by atoms with Crippen molar-refractivity contribution in [3.8, 4) is 0 Å². The number of hydrogen-bond donors (Lipinski definition) is 2. The van der Waals surface area contributed by atoms with Crippen molar-refractivity contribution in [2.45, 2.75) is 31.9 Å². The smallest absolute Gasteiger partial charge is 0.222 e. The fourth-order valence-corrected chi connectivity index (χ4v) is 3.21. The molecule has 2 fully saturated rings. The number of aryl methyl sites for hydroxylation is 1. The molecule has 1 aromatic rings. The molecule has 1 aromatic heterocycles. The molecule has 0 aromatic carbocycles. The Morgan fingerprint density at radius 3 is 3.05 bits per heavy atom. The molecule has 2 heterocycles. The Hall–Kier alpha value is -1.40. The fourth-order valence-electron chi connectivity index (χ4n) is 3.21. The molecule has 6 nitrogen and oxygen atoms in total. The highest BCUT2D eigenvalue weighted by atomic mass is 16.5. The summed E-state index contributed by atoms with van der Waals surface area (Å²) in [4.78, 5) is 10.7. The third kappa shape index (κ3) is 2.37. The number of aromatic nitrogens is 2. The van der Waals surface area contributed by atoms with E-state index < -0.39 is 0 Å². The molecule has 1 saturated heterocycles. The molecule has 3 rings (SSSR count). The summed E-state index contributed by atoms with van der Waals surface area (Å²) in [6.07, 6.45) is 2.07. The van der Waals surface area contributed by atoms with E-state index in [0.29, 0.717) is 24.5 Å². The van der Waals surface area contributed by atoms with E-state index in [0.717, 1.165) is 30.9 Å². The maximum Gasteiger partial charge on any atom is 0.222 e. The van der Waals surface area contributed by atoms with Gasteiger partial charge in [-0.25, -0.2) is 4.98 Å². The first-order valence-electron chi connectivity index (χ1n) is 6.77. The van der Waals surface area contributed by atoms with E-state index in [4.69, 9.17) is 10.5 Å². The maximum absolute atomic E-state index is 9.34. The minimum atomic E-state index is 0.197. The van der Waals surface area contributed by atoms with E-state index in [1.54, 1.807) is 0 Å². The lowest BCUT2D eigenvalue weighted by Gasteiger charge is -2.38. The molecule has 104 valence electrons. The van der Waals surface area contributed by atoms with E-state index in [1.165, 1.54) is 0 Å². The number of morpholine rings is 1. The molecule has 2 aliphatic rings. The molecular formula is C13H20N4O2. The molecule has 1 unspecified atom stereocenters. The summed E-state index contributed by atoms with van der Waals surface area (Å²) in [6.45, 7) is 3.66. The van der Waals surface area contributed by atoms with Gasteiger partial charge in [0, 0.05) is 24.9 Å². The van der Waals surface area contributed by atoms with Gasteiger partial charge < -0.3 is 20.5 Å². The van der Waals surface area contributed by atoms with Crippen LogP contribution in [0.25, 0.3) is 0 Å². The first-order chi connectivity index (χ1) is 9.17. The van der Waals surface area contributed by atoms with E-state index in [1.807, 2.05) is 13.0 Å². The van der Waals surface area contributed by atoms with Gasteiger partial charge in [-0.3, -0.25) is 0 Å². The van der Waals surface area contributed by atoms with Crippen LogP contribution in [0.3, 0.4) is 0 Å². The predicted octanol–water partition coefficient (Wildman–Crippen LogP) is 0.343. The number of fused-ring (bicyclic) bond motifs is 1. The van der Waals surface area contributed by atoms with Gasteiger partial charge in [0.25, 0.3) is 0 Å². The molecule has 0 bridgehead atoms. The molecule has 3 N–H and O–H groups in total. The molecular weight excluding hydrogens is 244 g/mol. The third-order valence-electron chi connectivity index (χ3n) is 4.04. The average Bonchev–Trinajstić information content (AvgIpc) is 2.80. The van der Waals surface area contributed by atoms with E-state index in [2.05, 4.69) is 14.9 Å². The van der Waals surface area contributed by atoms with Gasteiger partial charge in [0.15, 0.2) is 0 Å². The first-order valence-corrected chi connectivity index (χ1v) is 6.77. The highest BCUT2D eigenvalue weighted by molar-refractivity contribution is 5.45. The highest BCUT2D eigenvalue weighted by Crippen LogP contribution is 2.36. The number of aliphatic hydroxyl groups excluding tert-OH is 1. The maximum atomic E-state index is 9.34. The van der Waals surface area contributed by atoms with Crippen molar-refractivity contribution < 1.29 is 9.84 Å². The number of rotatable bonds is 2. The molecule has 1 aliphatic carbocycles. The SMILES string of the molecule is Cc1cc(N2CCOC3C[C@H](CO)C[C@@H]32)nc(N)n1. The molecule has 0 amide bonds. The normalized spacial score (nSPS) is 30.4. The lowest BCUT2D eigenvalue weighted by atomic mass is 10.1. The fraction of sp³-hybridized carbons (Fsp3) is 0.692. The van der Waals surface area contributed by atoms with Gasteiger partial charge in [-0.05, 0) is 25.7 Å². The van der Waals surface area contributed by atoms with Crippen LogP contribution < -0.4 is 10.6 Å². The summed E-state index contributed by atoms with van der Waals surface area (Å²) in [7, 11) is 0. The summed E-state index contributed by atoms with van der Waals surface area (Å²) < 4.78 is 5.82. The van der Waals surface area contributed by atoms with Crippen molar-refractivity contribution >= 4 is 11.8 Å². The Morgan fingerprint density at radius 2 is 2.32 bits per heavy atom. The van der Waals surface area contributed by atoms with Gasteiger partial charge in [-0.1, -0.05) is 0 Å². The van der Waals surface area contributed by atoms with Crippen LogP contribution in [0.2, 0.25) is 0 Å². The van der Waals surface area contributed by atoms with Gasteiger partial charge >= 0.3 is 0 Å². The highest BCUT2D eigenvalue weighted by Gasteiger charge is 2.41. The second kappa shape index (κ2) is 4.94. The number of hydrogen-bond acceptors (Lipinski definition) is 6. The van der Waals surface area contributed by atoms with Crippen LogP contribution in [-0.2, 0) is 4.74 Å². The zero-order chi connectivity index (χ0) is 13.4. The number of anilines is 2. The van der Waals surface area contributed by atoms with Crippen LogP contribution in [0.1, 0.15) is 18.5 Å². The Morgan fingerprint density at radius 1 is 1.47 bits per heavy atom. The number of nitrogens with zero attached hydrogens (tertiary/aromatic N) is 3. The Kier molecular flexibility index (Phi) is 3.28. The van der Waals surface area contributed by atoms with Crippen molar-refractivity contribution in [1.82, 2.24) is 9.97 Å². The minimum Gasteiger partial charge on any atom is -0.396 e. The van der Waals surface area contributed by atoms with Crippen LogP contribution in [-0.4, -0.2) is 47.0 Å². The summed E-state index contributed by atoms with van der Waals surface area (Å²) in [6, 6.07) is 2.25. The molecule has 19 heavy (non-hydrogen) atoms. The Labute approximate surface area is 112 Å². The van der Waals surface area contributed by atoms with Crippen molar-refractivity contribution in [2.24, 2.45) is 5.92 Å². The number of nitrogens with two attached hydrogens (primary N) is 1. The summed E-state index contributed by atoms with van der Waals surface area (Å²) in [5, 5.41) is 9.34. The van der Waals surface area contributed by atoms with Crippen molar-refractivity contribution in [3.05, 3.63) is 11.8 Å². The van der Waals surface area contributed by atoms with Crippen molar-refractivity contribution in [3.63, 3.8) is 0 Å². The van der Waals surface area contributed by atoms with Gasteiger partial charge in [0.05, 0.1) is 18.8 Å². The average molecular weight is 264 g/mol. The quantitative estimate of drug-likeness (QED) is 0.801. The molecule has 1 aliphatic heterocycles. The summed E-state index contributed by atoms with van der Waals surface area (Å²) in [5.74, 6) is 1.52. The zero-order valence-electron chi connectivity index (χ0n) is 11.1. The van der Waals surface area contributed by atoms with E-state index in [-0.39, 0.29) is 12.7 Å². The lowest BCUT2D eigenvalue weighted by Crippen LogP contribution is -2.49. The molecule has 1 saturated carbocycles. The number of aliphatic hydroxyl groups is 1. The molecule has 0 spiro atoms. The monoisotopic (exact) mass is 264 g/mol. The van der Waals surface area contributed by atoms with Gasteiger partial charge in [-0.15, -0.1) is 0 Å². The van der Waals surface area contributed by atoms with Gasteiger partial charge in [0.2, 0.25) is 5.95 Å². The standard InChI is InChI=1S/C13H20N4O2/c1-8-4-12(16-13(14)15-8)17-2-3-19-11-6-9(7-18)5-10(11)17/h4,9-11,18H,2-3,5-7H2,1H3,(H2,14,15,16)/t9-,10+,11?/m1/s1. The molecule has 0 radical (unpaired) electrons. The minimum absolute atomic E-state index is 0.197. The molecule has 3 atom stereocenters. The van der Waals surface area contributed by atoms with Crippen molar-refractivity contribution in [1.29, 1.82) is 0 Å². The van der Waals surface area contributed by atoms with Crippen LogP contribution in [0.15, 0.2) is 6.07 Å². The zero-order valence-corrected chi connectivity index (χ0v) is 11.1. The van der Waals surface area contributed by atoms with Crippen LogP contribution in [0, 0.1) is 12.8 Å². The second-order valence-corrected chi connectivity index (χ2v) is 5.42. The largest absolute Gasteiger partial charge is 0.396 e. The number of nitrogen functional groups attached to an aromatic ring is 1. The summed E-state index contributed by atoms with van der Waals surface area (Å²) in [5.41, 5.74) is 6.61. The van der Waals surface area contributed by atoms with Crippen LogP contribution >= 0.6 is 0 Å². The summed E-state index contributed by atoms with van der Waals surface area (Å²) >= 11 is 0. The predicted molar refractivity (Wildman–Crippen MR) is 71.9 cm³/mol. The first kappa shape index (κ1) is 12.6. The topological polar surface area (TPSA) is 84.5 Å². The van der Waals surface area contributed by atoms with E-state index in [9.17, 15) is 5.11 Å². The van der Waals surface area contributed by atoms with Gasteiger partial charge in [-0.2, -0.15) is 4.98 Å². The number of ether oxygens (including phenoxy) is 1. The lowest BCUT2D eigenvalue weighted by molar-refractivity contribution is 0.0228. The van der Waals surface area contributed by atoms with Crippen molar-refractivity contribution in [2.75, 3.05) is 30.4 Å². The molecule has 6 heteroatoms. The second-order valence-electron chi connectivity index (χ2n) is 5.42.